The van der Waals surface area contributed by atoms with Crippen LogP contribution in [-0.2, 0) is 5.41 Å². The van der Waals surface area contributed by atoms with Crippen molar-refractivity contribution in [3.63, 3.8) is 0 Å². The van der Waals surface area contributed by atoms with Crippen molar-refractivity contribution in [2.24, 2.45) is 0 Å². The van der Waals surface area contributed by atoms with Crippen LogP contribution in [0.4, 0.5) is 17.1 Å². The summed E-state index contributed by atoms with van der Waals surface area (Å²) < 4.78 is 4.98. The minimum absolute atomic E-state index is 0.0890. The number of para-hydroxylation sites is 2. The number of hydrogen-bond donors (Lipinski definition) is 0. The van der Waals surface area contributed by atoms with Crippen molar-refractivity contribution in [1.82, 2.24) is 4.57 Å². The van der Waals surface area contributed by atoms with E-state index in [1.165, 1.54) is 81.0 Å². The van der Waals surface area contributed by atoms with E-state index >= 15 is 0 Å². The second-order valence-electron chi connectivity index (χ2n) is 15.0. The summed E-state index contributed by atoms with van der Waals surface area (Å²) in [6, 6.07) is 67.0. The summed E-state index contributed by atoms with van der Waals surface area (Å²) in [6.07, 6.45) is 0. The maximum Gasteiger partial charge on any atom is 0.0541 e. The predicted octanol–water partition coefficient (Wildman–Crippen LogP) is 14.6. The number of benzene rings is 8. The molecule has 2 heterocycles. The fraction of sp³-hybridized carbons (Fsp3) is 0.0588. The molecule has 0 saturated carbocycles. The van der Waals surface area contributed by atoms with Crippen LogP contribution in [0.3, 0.4) is 0 Å². The lowest BCUT2D eigenvalue weighted by Crippen LogP contribution is -2.16. The van der Waals surface area contributed by atoms with E-state index in [2.05, 4.69) is 205 Å². The van der Waals surface area contributed by atoms with Crippen LogP contribution in [0, 0.1) is 0 Å². The van der Waals surface area contributed by atoms with Gasteiger partial charge in [-0.05, 0) is 94.0 Å². The van der Waals surface area contributed by atoms with Crippen LogP contribution in [0.5, 0.6) is 0 Å². The molecule has 0 unspecified atom stereocenters. The Hall–Kier alpha value is -6.42. The normalized spacial score (nSPS) is 13.1. The topological polar surface area (TPSA) is 8.17 Å². The van der Waals surface area contributed by atoms with E-state index in [0.29, 0.717) is 0 Å². The van der Waals surface area contributed by atoms with Gasteiger partial charge in [0.25, 0.3) is 0 Å². The first-order chi connectivity index (χ1) is 26.5. The van der Waals surface area contributed by atoms with Crippen molar-refractivity contribution in [2.45, 2.75) is 19.3 Å². The summed E-state index contributed by atoms with van der Waals surface area (Å²) in [5, 5.41) is 5.15. The molecule has 256 valence electrons. The standard InChI is InChI=1S/C51H36N2S/c1-51(2)45-17-9-6-14-39(45)40-27-24-36(30-46(40)51)52(35-22-20-34(21-23-35)33-12-4-3-5-13-33)37-25-28-43-44-29-26-38(32-50(44)54-49(43)31-37)53-47-18-10-7-15-41(47)42-16-8-11-19-48(42)53/h3-32H,1-2H3. The molecule has 1 aliphatic carbocycles. The zero-order chi connectivity index (χ0) is 36.0. The molecule has 3 heteroatoms. The lowest BCUT2D eigenvalue weighted by Gasteiger charge is -2.28. The molecule has 11 rings (SSSR count). The Kier molecular flexibility index (Phi) is 6.80. The lowest BCUT2D eigenvalue weighted by molar-refractivity contribution is 0.660. The highest BCUT2D eigenvalue weighted by molar-refractivity contribution is 7.25. The first-order valence-corrected chi connectivity index (χ1v) is 19.5. The van der Waals surface area contributed by atoms with Crippen LogP contribution in [0.2, 0.25) is 0 Å². The molecule has 0 N–H and O–H groups in total. The summed E-state index contributed by atoms with van der Waals surface area (Å²) in [5.74, 6) is 0. The third kappa shape index (κ3) is 4.65. The summed E-state index contributed by atoms with van der Waals surface area (Å²) in [6.45, 7) is 4.72. The Labute approximate surface area is 318 Å². The van der Waals surface area contributed by atoms with E-state index in [1.54, 1.807) is 0 Å². The van der Waals surface area contributed by atoms with Crippen molar-refractivity contribution >= 4 is 70.4 Å². The van der Waals surface area contributed by atoms with Gasteiger partial charge in [-0.2, -0.15) is 0 Å². The molecule has 54 heavy (non-hydrogen) atoms. The van der Waals surface area contributed by atoms with Crippen molar-refractivity contribution in [3.05, 3.63) is 193 Å². The van der Waals surface area contributed by atoms with Crippen molar-refractivity contribution in [3.8, 4) is 27.9 Å². The van der Waals surface area contributed by atoms with Crippen LogP contribution in [0.1, 0.15) is 25.0 Å². The molecule has 2 aromatic heterocycles. The van der Waals surface area contributed by atoms with Gasteiger partial charge in [0.05, 0.1) is 11.0 Å². The van der Waals surface area contributed by atoms with Gasteiger partial charge in [-0.25, -0.2) is 0 Å². The number of nitrogens with zero attached hydrogens (tertiary/aromatic N) is 2. The van der Waals surface area contributed by atoms with E-state index < -0.39 is 0 Å². The molecule has 8 aromatic carbocycles. The predicted molar refractivity (Wildman–Crippen MR) is 231 cm³/mol. The lowest BCUT2D eigenvalue weighted by atomic mass is 9.82. The Balaban J connectivity index is 1.06. The highest BCUT2D eigenvalue weighted by Gasteiger charge is 2.35. The smallest absolute Gasteiger partial charge is 0.0541 e. The van der Waals surface area contributed by atoms with Gasteiger partial charge >= 0.3 is 0 Å². The molecule has 0 amide bonds. The fourth-order valence-electron chi connectivity index (χ4n) is 8.95. The van der Waals surface area contributed by atoms with E-state index in [4.69, 9.17) is 0 Å². The summed E-state index contributed by atoms with van der Waals surface area (Å²) in [7, 11) is 0. The summed E-state index contributed by atoms with van der Waals surface area (Å²) >= 11 is 1.88. The molecule has 10 aromatic rings. The SMILES string of the molecule is CC1(C)c2ccccc2-c2ccc(N(c3ccc(-c4ccccc4)cc3)c3ccc4c(c3)sc3cc(-n5c6ccccc6c6ccccc65)ccc34)cc21. The molecule has 0 saturated heterocycles. The minimum Gasteiger partial charge on any atom is -0.310 e. The van der Waals surface area contributed by atoms with E-state index in [0.717, 1.165) is 17.1 Å². The minimum atomic E-state index is -0.0890. The van der Waals surface area contributed by atoms with Crippen molar-refractivity contribution < 1.29 is 0 Å². The Morgan fingerprint density at radius 1 is 0.426 bits per heavy atom. The van der Waals surface area contributed by atoms with Crippen LogP contribution >= 0.6 is 11.3 Å². The number of anilines is 3. The second-order valence-corrected chi connectivity index (χ2v) is 16.1. The first kappa shape index (κ1) is 31.1. The molecule has 0 bridgehead atoms. The maximum atomic E-state index is 2.43. The van der Waals surface area contributed by atoms with E-state index in [9.17, 15) is 0 Å². The molecule has 0 spiro atoms. The summed E-state index contributed by atoms with van der Waals surface area (Å²) in [4.78, 5) is 2.43. The van der Waals surface area contributed by atoms with Crippen molar-refractivity contribution in [2.75, 3.05) is 4.90 Å². The van der Waals surface area contributed by atoms with Gasteiger partial charge in [-0.3, -0.25) is 0 Å². The third-order valence-electron chi connectivity index (χ3n) is 11.6. The van der Waals surface area contributed by atoms with Gasteiger partial charge in [0.15, 0.2) is 0 Å². The summed E-state index contributed by atoms with van der Waals surface area (Å²) in [5.41, 5.74) is 14.9. The second kappa shape index (κ2) is 11.8. The number of hydrogen-bond acceptors (Lipinski definition) is 2. The molecule has 0 fully saturated rings. The van der Waals surface area contributed by atoms with Gasteiger partial charge in [0.2, 0.25) is 0 Å². The number of fused-ring (bicyclic) bond motifs is 9. The van der Waals surface area contributed by atoms with Crippen LogP contribution < -0.4 is 4.90 Å². The van der Waals surface area contributed by atoms with Gasteiger partial charge in [0, 0.05) is 59.1 Å². The van der Waals surface area contributed by atoms with E-state index in [1.807, 2.05) is 11.3 Å². The monoisotopic (exact) mass is 708 g/mol. The molecule has 0 aliphatic heterocycles. The van der Waals surface area contributed by atoms with Gasteiger partial charge in [-0.1, -0.05) is 135 Å². The molecule has 1 aliphatic rings. The molecule has 0 atom stereocenters. The fourth-order valence-corrected chi connectivity index (χ4v) is 10.1. The number of rotatable bonds is 5. The average molecular weight is 709 g/mol. The highest BCUT2D eigenvalue weighted by Crippen LogP contribution is 2.51. The van der Waals surface area contributed by atoms with Crippen LogP contribution in [0.25, 0.3) is 69.9 Å². The van der Waals surface area contributed by atoms with Gasteiger partial charge in [-0.15, -0.1) is 11.3 Å². The quantitative estimate of drug-likeness (QED) is 0.173. The molecular weight excluding hydrogens is 673 g/mol. The Bertz CT molecular complexity index is 3020. The third-order valence-corrected chi connectivity index (χ3v) is 12.7. The Morgan fingerprint density at radius 3 is 1.74 bits per heavy atom. The largest absolute Gasteiger partial charge is 0.310 e. The zero-order valence-electron chi connectivity index (χ0n) is 30.1. The van der Waals surface area contributed by atoms with Gasteiger partial charge in [0.1, 0.15) is 0 Å². The van der Waals surface area contributed by atoms with Crippen LogP contribution in [0.15, 0.2) is 182 Å². The van der Waals surface area contributed by atoms with Gasteiger partial charge < -0.3 is 9.47 Å². The zero-order valence-corrected chi connectivity index (χ0v) is 30.9. The van der Waals surface area contributed by atoms with Crippen molar-refractivity contribution in [1.29, 1.82) is 0 Å². The number of thiophene rings is 1. The molecule has 0 radical (unpaired) electrons. The molecular formula is C51H36N2S. The van der Waals surface area contributed by atoms with Crippen LogP contribution in [-0.4, -0.2) is 4.57 Å². The first-order valence-electron chi connectivity index (χ1n) is 18.7. The highest BCUT2D eigenvalue weighted by atomic mass is 32.1. The van der Waals surface area contributed by atoms with E-state index in [-0.39, 0.29) is 5.41 Å². The molecule has 2 nitrogen and oxygen atoms in total. The maximum absolute atomic E-state index is 2.43. The number of aromatic nitrogens is 1. The Morgan fingerprint density at radius 2 is 0.981 bits per heavy atom. The average Bonchev–Trinajstić information content (AvgIpc) is 3.83.